The summed E-state index contributed by atoms with van der Waals surface area (Å²) in [7, 11) is 3.74. The van der Waals surface area contributed by atoms with Gasteiger partial charge in [0.25, 0.3) is 5.91 Å². The Bertz CT molecular complexity index is 988. The third kappa shape index (κ3) is 4.00. The normalized spacial score (nSPS) is 12.5. The van der Waals surface area contributed by atoms with Crippen molar-refractivity contribution in [2.75, 3.05) is 13.2 Å². The molecule has 0 saturated carbocycles. The Morgan fingerprint density at radius 1 is 1.25 bits per heavy atom. The average molecular weight is 384 g/mol. The van der Waals surface area contributed by atoms with E-state index in [2.05, 4.69) is 34.3 Å². The molecule has 0 aromatic carbocycles. The molecule has 3 rings (SSSR count). The van der Waals surface area contributed by atoms with Crippen molar-refractivity contribution in [3.05, 3.63) is 35.3 Å². The zero-order chi connectivity index (χ0) is 20.4. The molecule has 0 bridgehead atoms. The van der Waals surface area contributed by atoms with Crippen LogP contribution >= 0.6 is 0 Å². The maximum Gasteiger partial charge on any atom is 0.258 e. The highest BCUT2D eigenvalue weighted by Crippen LogP contribution is 2.27. The van der Waals surface area contributed by atoms with E-state index in [0.717, 1.165) is 28.0 Å². The molecule has 28 heavy (non-hydrogen) atoms. The van der Waals surface area contributed by atoms with Crippen LogP contribution in [0.2, 0.25) is 0 Å². The highest BCUT2D eigenvalue weighted by molar-refractivity contribution is 5.85. The van der Waals surface area contributed by atoms with E-state index in [1.54, 1.807) is 10.9 Å². The standard InChI is InChI=1S/C20H28N6O2/c1-12(2)15(16-7-8-22-25(16)5)10-21-17(27)11-28-20-18-13(3)9-14(4)23-19(18)26(6)24-20/h7-9,12,15H,10-11H2,1-6H3,(H,21,27). The third-order valence-electron chi connectivity index (χ3n) is 4.99. The van der Waals surface area contributed by atoms with E-state index in [0.29, 0.717) is 18.3 Å². The molecule has 0 saturated heterocycles. The molecular weight excluding hydrogens is 356 g/mol. The van der Waals surface area contributed by atoms with Crippen LogP contribution in [0.1, 0.15) is 36.7 Å². The predicted octanol–water partition coefficient (Wildman–Crippen LogP) is 2.25. The number of hydrogen-bond donors (Lipinski definition) is 1. The van der Waals surface area contributed by atoms with Crippen molar-refractivity contribution in [1.82, 2.24) is 29.9 Å². The van der Waals surface area contributed by atoms with Gasteiger partial charge in [0.15, 0.2) is 12.3 Å². The lowest BCUT2D eigenvalue weighted by Crippen LogP contribution is -2.34. The SMILES string of the molecule is Cc1cc(C)c2c(OCC(=O)NCC(c3ccnn3C)C(C)C)nn(C)c2n1. The first-order valence-corrected chi connectivity index (χ1v) is 9.46. The van der Waals surface area contributed by atoms with Gasteiger partial charge in [-0.3, -0.25) is 9.48 Å². The number of carbonyl (C=O) groups is 1. The number of carbonyl (C=O) groups excluding carboxylic acids is 1. The molecule has 1 amide bonds. The van der Waals surface area contributed by atoms with Crippen molar-refractivity contribution < 1.29 is 9.53 Å². The van der Waals surface area contributed by atoms with Gasteiger partial charge in [0.2, 0.25) is 5.88 Å². The number of ether oxygens (including phenoxy) is 1. The molecule has 0 fully saturated rings. The lowest BCUT2D eigenvalue weighted by Gasteiger charge is -2.21. The molecule has 8 heteroatoms. The van der Waals surface area contributed by atoms with Crippen LogP contribution in [0.15, 0.2) is 18.3 Å². The highest BCUT2D eigenvalue weighted by Gasteiger charge is 2.20. The van der Waals surface area contributed by atoms with Crippen molar-refractivity contribution in [2.24, 2.45) is 20.0 Å². The van der Waals surface area contributed by atoms with Crippen molar-refractivity contribution >= 4 is 16.9 Å². The van der Waals surface area contributed by atoms with E-state index >= 15 is 0 Å². The number of hydrogen-bond acceptors (Lipinski definition) is 5. The number of aromatic nitrogens is 5. The van der Waals surface area contributed by atoms with Crippen LogP contribution in [-0.2, 0) is 18.9 Å². The van der Waals surface area contributed by atoms with Crippen molar-refractivity contribution in [2.45, 2.75) is 33.6 Å². The Balaban J connectivity index is 1.65. The first-order valence-electron chi connectivity index (χ1n) is 9.46. The van der Waals surface area contributed by atoms with Gasteiger partial charge >= 0.3 is 0 Å². The Hall–Kier alpha value is -2.90. The van der Waals surface area contributed by atoms with E-state index in [1.807, 2.05) is 44.8 Å². The molecule has 0 spiro atoms. The van der Waals surface area contributed by atoms with Gasteiger partial charge in [0, 0.05) is 44.1 Å². The van der Waals surface area contributed by atoms with Crippen LogP contribution in [0.3, 0.4) is 0 Å². The number of rotatable bonds is 7. The Labute approximate surface area is 164 Å². The van der Waals surface area contributed by atoms with Crippen LogP contribution < -0.4 is 10.1 Å². The molecule has 0 aliphatic rings. The van der Waals surface area contributed by atoms with Crippen LogP contribution in [-0.4, -0.2) is 43.6 Å². The van der Waals surface area contributed by atoms with Crippen LogP contribution in [0.25, 0.3) is 11.0 Å². The van der Waals surface area contributed by atoms with Gasteiger partial charge in [-0.15, -0.1) is 5.10 Å². The summed E-state index contributed by atoms with van der Waals surface area (Å²) in [6.07, 6.45) is 1.78. The van der Waals surface area contributed by atoms with Gasteiger partial charge in [0.1, 0.15) is 0 Å². The maximum atomic E-state index is 12.4. The maximum absolute atomic E-state index is 12.4. The zero-order valence-electron chi connectivity index (χ0n) is 17.4. The minimum absolute atomic E-state index is 0.0877. The minimum atomic E-state index is -0.177. The predicted molar refractivity (Wildman–Crippen MR) is 107 cm³/mol. The number of nitrogens with one attached hydrogen (secondary N) is 1. The largest absolute Gasteiger partial charge is 0.466 e. The summed E-state index contributed by atoms with van der Waals surface area (Å²) in [5.41, 5.74) is 3.81. The molecule has 1 N–H and O–H groups in total. The number of aryl methyl sites for hydroxylation is 4. The van der Waals surface area contributed by atoms with Gasteiger partial charge in [0.05, 0.1) is 5.39 Å². The lowest BCUT2D eigenvalue weighted by molar-refractivity contribution is -0.123. The quantitative estimate of drug-likeness (QED) is 0.675. The molecule has 0 aliphatic heterocycles. The van der Waals surface area contributed by atoms with Crippen molar-refractivity contribution in [3.63, 3.8) is 0 Å². The van der Waals surface area contributed by atoms with Crippen molar-refractivity contribution in [1.29, 1.82) is 0 Å². The summed E-state index contributed by atoms with van der Waals surface area (Å²) in [4.78, 5) is 16.9. The summed E-state index contributed by atoms with van der Waals surface area (Å²) < 4.78 is 9.26. The highest BCUT2D eigenvalue weighted by atomic mass is 16.5. The van der Waals surface area contributed by atoms with E-state index < -0.39 is 0 Å². The molecular formula is C20H28N6O2. The molecule has 3 heterocycles. The van der Waals surface area contributed by atoms with Gasteiger partial charge in [-0.1, -0.05) is 13.8 Å². The first kappa shape index (κ1) is 19.9. The molecule has 1 unspecified atom stereocenters. The van der Waals surface area contributed by atoms with Crippen LogP contribution in [0.4, 0.5) is 0 Å². The summed E-state index contributed by atoms with van der Waals surface area (Å²) in [5.74, 6) is 0.809. The summed E-state index contributed by atoms with van der Waals surface area (Å²) in [6, 6.07) is 3.98. The first-order chi connectivity index (χ1) is 13.3. The fraction of sp³-hybridized carbons (Fsp3) is 0.500. The second kappa shape index (κ2) is 8.00. The Morgan fingerprint density at radius 2 is 2.00 bits per heavy atom. The van der Waals surface area contributed by atoms with Gasteiger partial charge in [-0.25, -0.2) is 9.67 Å². The fourth-order valence-electron chi connectivity index (χ4n) is 3.49. The average Bonchev–Trinajstić information content (AvgIpc) is 3.17. The van der Waals surface area contributed by atoms with E-state index in [-0.39, 0.29) is 18.4 Å². The number of amides is 1. The van der Waals surface area contributed by atoms with E-state index in [1.165, 1.54) is 0 Å². The number of pyridine rings is 1. The van der Waals surface area contributed by atoms with Crippen LogP contribution in [0.5, 0.6) is 5.88 Å². The number of nitrogens with zero attached hydrogens (tertiary/aromatic N) is 5. The Kier molecular flexibility index (Phi) is 5.67. The van der Waals surface area contributed by atoms with E-state index in [4.69, 9.17) is 4.74 Å². The van der Waals surface area contributed by atoms with Gasteiger partial charge in [-0.2, -0.15) is 5.10 Å². The fourth-order valence-corrected chi connectivity index (χ4v) is 3.49. The molecule has 3 aromatic rings. The second-order valence-corrected chi connectivity index (χ2v) is 7.53. The minimum Gasteiger partial charge on any atom is -0.466 e. The summed E-state index contributed by atoms with van der Waals surface area (Å²) in [6.45, 7) is 8.65. The molecule has 150 valence electrons. The second-order valence-electron chi connectivity index (χ2n) is 7.53. The summed E-state index contributed by atoms with van der Waals surface area (Å²) in [5, 5.41) is 12.4. The topological polar surface area (TPSA) is 86.9 Å². The van der Waals surface area contributed by atoms with E-state index in [9.17, 15) is 4.79 Å². The van der Waals surface area contributed by atoms with Crippen molar-refractivity contribution in [3.8, 4) is 5.88 Å². The van der Waals surface area contributed by atoms with Crippen LogP contribution in [0, 0.1) is 19.8 Å². The molecule has 8 nitrogen and oxygen atoms in total. The smallest absolute Gasteiger partial charge is 0.258 e. The third-order valence-corrected chi connectivity index (χ3v) is 4.99. The summed E-state index contributed by atoms with van der Waals surface area (Å²) >= 11 is 0. The van der Waals surface area contributed by atoms with Gasteiger partial charge in [-0.05, 0) is 37.5 Å². The lowest BCUT2D eigenvalue weighted by atomic mass is 9.92. The Morgan fingerprint density at radius 3 is 2.64 bits per heavy atom. The molecule has 0 radical (unpaired) electrons. The molecule has 1 atom stereocenters. The van der Waals surface area contributed by atoms with Gasteiger partial charge < -0.3 is 10.1 Å². The zero-order valence-corrected chi connectivity index (χ0v) is 17.4. The molecule has 3 aromatic heterocycles. The molecule has 0 aliphatic carbocycles. The number of fused-ring (bicyclic) bond motifs is 1. The monoisotopic (exact) mass is 384 g/mol.